The first-order valence-electron chi connectivity index (χ1n) is 10.8. The summed E-state index contributed by atoms with van der Waals surface area (Å²) < 4.78 is 102. The van der Waals surface area contributed by atoms with Gasteiger partial charge in [0, 0.05) is 12.1 Å². The number of aromatic amines is 1. The molecule has 0 atom stereocenters. The Labute approximate surface area is 205 Å². The molecule has 3 aromatic rings. The molecule has 2 aromatic carbocycles. The summed E-state index contributed by atoms with van der Waals surface area (Å²) in [5, 5.41) is 0. The van der Waals surface area contributed by atoms with E-state index in [1.807, 2.05) is 0 Å². The average molecular weight is 527 g/mol. The zero-order valence-electron chi connectivity index (χ0n) is 18.8. The van der Waals surface area contributed by atoms with Gasteiger partial charge < -0.3 is 9.57 Å². The van der Waals surface area contributed by atoms with Crippen molar-refractivity contribution in [3.8, 4) is 5.88 Å². The Morgan fingerprint density at radius 1 is 0.919 bits per heavy atom. The average Bonchev–Trinajstić information content (AvgIpc) is 3.31. The Morgan fingerprint density at radius 3 is 2.22 bits per heavy atom. The molecule has 0 fully saturated rings. The number of halogens is 7. The molecule has 1 heterocycles. The van der Waals surface area contributed by atoms with E-state index in [-0.39, 0.29) is 29.0 Å². The lowest BCUT2D eigenvalue weighted by molar-refractivity contribution is -0.398. The van der Waals surface area contributed by atoms with Crippen LogP contribution in [0.1, 0.15) is 51.9 Å². The number of alkyl halides is 3. The van der Waals surface area contributed by atoms with Crippen LogP contribution in [0.25, 0.3) is 11.1 Å². The van der Waals surface area contributed by atoms with Crippen molar-refractivity contribution >= 4 is 17.1 Å². The third kappa shape index (κ3) is 5.58. The van der Waals surface area contributed by atoms with Gasteiger partial charge in [-0.15, -0.1) is 0 Å². The number of rotatable bonds is 6. The highest BCUT2D eigenvalue weighted by atomic mass is 19.4. The normalized spacial score (nSPS) is 13.7. The van der Waals surface area contributed by atoms with E-state index in [1.165, 1.54) is 6.07 Å². The van der Waals surface area contributed by atoms with E-state index in [0.29, 0.717) is 42.3 Å². The number of aromatic nitrogens is 1. The first-order valence-corrected chi connectivity index (χ1v) is 10.8. The molecule has 0 amide bonds. The number of carbonyl (C=O) groups excluding carboxylic acids is 1. The summed E-state index contributed by atoms with van der Waals surface area (Å²) in [7, 11) is 0. The summed E-state index contributed by atoms with van der Waals surface area (Å²) in [6.45, 7) is -0.762. The summed E-state index contributed by atoms with van der Waals surface area (Å²) >= 11 is 0. The van der Waals surface area contributed by atoms with E-state index in [0.717, 1.165) is 18.2 Å². The molecule has 0 radical (unpaired) electrons. The fourth-order valence-corrected chi connectivity index (χ4v) is 4.15. The third-order valence-corrected chi connectivity index (χ3v) is 5.83. The Kier molecular flexibility index (Phi) is 7.21. The maximum Gasteiger partial charge on any atom is 0.422 e. The van der Waals surface area contributed by atoms with Gasteiger partial charge in [0.2, 0.25) is 0 Å². The van der Waals surface area contributed by atoms with Crippen LogP contribution in [0.3, 0.4) is 0 Å². The maximum atomic E-state index is 14.3. The van der Waals surface area contributed by atoms with Gasteiger partial charge in [-0.2, -0.15) is 24.1 Å². The lowest BCUT2D eigenvalue weighted by Crippen LogP contribution is -2.18. The predicted molar refractivity (Wildman–Crippen MR) is 115 cm³/mol. The highest BCUT2D eigenvalue weighted by molar-refractivity contribution is 5.96. The van der Waals surface area contributed by atoms with Crippen molar-refractivity contribution in [1.82, 2.24) is 0 Å². The van der Waals surface area contributed by atoms with Gasteiger partial charge in [0.15, 0.2) is 6.20 Å². The van der Waals surface area contributed by atoms with Gasteiger partial charge >= 0.3 is 18.0 Å². The highest BCUT2D eigenvalue weighted by Gasteiger charge is 2.36. The van der Waals surface area contributed by atoms with Gasteiger partial charge in [0.1, 0.15) is 35.4 Å². The van der Waals surface area contributed by atoms with E-state index >= 15 is 0 Å². The second-order valence-electron chi connectivity index (χ2n) is 8.21. The quantitative estimate of drug-likeness (QED) is 0.326. The van der Waals surface area contributed by atoms with Gasteiger partial charge in [0.25, 0.3) is 0 Å². The molecule has 1 aliphatic carbocycles. The SMILES string of the molecule is NOC(=O)c1cc(F)cc(C2=C(c3cc(C(F)(F)F)c[nH+]c3OCc3c(F)cc(F)cc3F)CCC2)c1. The minimum absolute atomic E-state index is 0.0718. The monoisotopic (exact) mass is 527 g/mol. The zero-order valence-corrected chi connectivity index (χ0v) is 18.8. The van der Waals surface area contributed by atoms with E-state index in [1.54, 1.807) is 0 Å². The Morgan fingerprint density at radius 2 is 1.57 bits per heavy atom. The first-order chi connectivity index (χ1) is 17.5. The standard InChI is InChI=1S/C25H17F7N2O3/c26-15-5-12(4-13(6-15)24(35)37-33)17-2-1-3-18(17)19-7-14(25(30,31)32)10-34-23(19)36-11-20-21(28)8-16(27)9-22(20)29/h4-10H,1-3,11,33H2/p+1. The van der Waals surface area contributed by atoms with E-state index in [4.69, 9.17) is 10.6 Å². The number of pyridine rings is 1. The number of hydrogen-bond acceptors (Lipinski definition) is 4. The summed E-state index contributed by atoms with van der Waals surface area (Å²) in [5.41, 5.74) is -0.969. The van der Waals surface area contributed by atoms with Gasteiger partial charge in [-0.3, -0.25) is 0 Å². The van der Waals surface area contributed by atoms with Crippen molar-refractivity contribution in [2.24, 2.45) is 5.90 Å². The largest absolute Gasteiger partial charge is 0.439 e. The topological polar surface area (TPSA) is 75.7 Å². The second kappa shape index (κ2) is 10.2. The number of allylic oxidation sites excluding steroid dienone is 2. The van der Waals surface area contributed by atoms with Crippen LogP contribution in [0, 0.1) is 23.3 Å². The molecule has 194 valence electrons. The van der Waals surface area contributed by atoms with Gasteiger partial charge in [-0.25, -0.2) is 22.4 Å². The van der Waals surface area contributed by atoms with Gasteiger partial charge in [-0.05, 0) is 60.2 Å². The number of hydrogen-bond donors (Lipinski definition) is 1. The second-order valence-corrected chi connectivity index (χ2v) is 8.21. The fraction of sp³-hybridized carbons (Fsp3) is 0.200. The van der Waals surface area contributed by atoms with Gasteiger partial charge in [0.05, 0.1) is 16.7 Å². The summed E-state index contributed by atoms with van der Waals surface area (Å²) in [4.78, 5) is 18.3. The molecule has 0 spiro atoms. The molecule has 0 aliphatic heterocycles. The van der Waals surface area contributed by atoms with Crippen LogP contribution in [-0.4, -0.2) is 5.97 Å². The molecular weight excluding hydrogens is 509 g/mol. The van der Waals surface area contributed by atoms with Crippen LogP contribution in [0.15, 0.2) is 42.6 Å². The Bertz CT molecular complexity index is 1380. The molecule has 37 heavy (non-hydrogen) atoms. The number of ether oxygens (including phenoxy) is 1. The van der Waals surface area contributed by atoms with Crippen LogP contribution in [0.5, 0.6) is 5.88 Å². The molecule has 1 aromatic heterocycles. The van der Waals surface area contributed by atoms with Crippen molar-refractivity contribution in [2.75, 3.05) is 0 Å². The third-order valence-electron chi connectivity index (χ3n) is 5.83. The molecule has 5 nitrogen and oxygen atoms in total. The van der Waals surface area contributed by atoms with Gasteiger partial charge in [-0.1, -0.05) is 0 Å². The number of H-pyrrole nitrogens is 1. The fourth-order valence-electron chi connectivity index (χ4n) is 4.15. The molecule has 0 saturated heterocycles. The minimum atomic E-state index is -4.74. The molecule has 0 saturated carbocycles. The number of benzene rings is 2. The van der Waals surface area contributed by atoms with E-state index in [2.05, 4.69) is 9.82 Å². The zero-order chi connectivity index (χ0) is 26.9. The van der Waals surface area contributed by atoms with Crippen LogP contribution in [0.4, 0.5) is 30.7 Å². The molecule has 3 N–H and O–H groups in total. The van der Waals surface area contributed by atoms with Crippen molar-refractivity contribution < 1.29 is 50.1 Å². The molecule has 1 aliphatic rings. The molecule has 4 rings (SSSR count). The molecule has 0 bridgehead atoms. The van der Waals surface area contributed by atoms with Crippen LogP contribution in [-0.2, 0) is 17.6 Å². The smallest absolute Gasteiger partial charge is 0.422 e. The maximum absolute atomic E-state index is 14.3. The minimum Gasteiger partial charge on any atom is -0.439 e. The molecule has 0 unspecified atom stereocenters. The number of nitrogens with one attached hydrogen (secondary N) is 1. The van der Waals surface area contributed by atoms with Crippen molar-refractivity contribution in [2.45, 2.75) is 32.0 Å². The lowest BCUT2D eigenvalue weighted by atomic mass is 9.95. The number of nitrogens with two attached hydrogens (primary N) is 1. The van der Waals surface area contributed by atoms with Crippen LogP contribution >= 0.6 is 0 Å². The molecule has 12 heteroatoms. The first kappa shape index (κ1) is 26.1. The lowest BCUT2D eigenvalue weighted by Gasteiger charge is -2.13. The highest BCUT2D eigenvalue weighted by Crippen LogP contribution is 2.43. The van der Waals surface area contributed by atoms with Crippen molar-refractivity contribution in [1.29, 1.82) is 0 Å². The van der Waals surface area contributed by atoms with Crippen molar-refractivity contribution in [3.05, 3.63) is 93.7 Å². The van der Waals surface area contributed by atoms with Crippen molar-refractivity contribution in [3.63, 3.8) is 0 Å². The van der Waals surface area contributed by atoms with Crippen LogP contribution < -0.4 is 15.6 Å². The Balaban J connectivity index is 1.82. The summed E-state index contributed by atoms with van der Waals surface area (Å²) in [5.74, 6) is -0.787. The summed E-state index contributed by atoms with van der Waals surface area (Å²) in [6, 6.07) is 4.99. The van der Waals surface area contributed by atoms with E-state index < -0.39 is 53.1 Å². The van der Waals surface area contributed by atoms with Crippen LogP contribution in [0.2, 0.25) is 0 Å². The Hall–Kier alpha value is -3.93. The molecular formula is C25H18F7N2O3+. The predicted octanol–water partition coefficient (Wildman–Crippen LogP) is 5.78. The number of carbonyl (C=O) groups is 1. The van der Waals surface area contributed by atoms with E-state index in [9.17, 15) is 35.5 Å². The summed E-state index contributed by atoms with van der Waals surface area (Å²) in [6.07, 6.45) is -3.05.